The Kier molecular flexibility index (Phi) is 7.27. The van der Waals surface area contributed by atoms with Gasteiger partial charge in [-0.3, -0.25) is 4.79 Å². The van der Waals surface area contributed by atoms with E-state index in [9.17, 15) is 19.2 Å². The first-order valence-electron chi connectivity index (χ1n) is 11.6. The third kappa shape index (κ3) is 5.10. The number of amides is 1. The molecule has 2 aliphatic rings. The lowest BCUT2D eigenvalue weighted by atomic mass is 10.0. The molecule has 0 spiro atoms. The third-order valence-electron chi connectivity index (χ3n) is 6.38. The number of furan rings is 1. The molecule has 3 unspecified atom stereocenters. The Balaban J connectivity index is 1.56. The van der Waals surface area contributed by atoms with E-state index in [-0.39, 0.29) is 59.2 Å². The maximum absolute atomic E-state index is 13.1. The molecule has 0 bridgehead atoms. The second-order valence-corrected chi connectivity index (χ2v) is 10.00. The van der Waals surface area contributed by atoms with Crippen molar-refractivity contribution in [2.45, 2.75) is 52.6 Å². The van der Waals surface area contributed by atoms with Crippen molar-refractivity contribution in [3.63, 3.8) is 0 Å². The van der Waals surface area contributed by atoms with Crippen LogP contribution in [0.5, 0.6) is 5.75 Å². The number of benzene rings is 1. The van der Waals surface area contributed by atoms with Crippen molar-refractivity contribution < 1.29 is 23.6 Å². The first-order valence-corrected chi connectivity index (χ1v) is 12.7. The molecule has 188 valence electrons. The van der Waals surface area contributed by atoms with Crippen molar-refractivity contribution in [2.24, 2.45) is 14.7 Å². The van der Waals surface area contributed by atoms with E-state index in [0.29, 0.717) is 6.54 Å². The van der Waals surface area contributed by atoms with E-state index in [4.69, 9.17) is 4.42 Å². The van der Waals surface area contributed by atoms with Crippen molar-refractivity contribution in [3.8, 4) is 5.75 Å². The van der Waals surface area contributed by atoms with Crippen LogP contribution in [0.25, 0.3) is 0 Å². The van der Waals surface area contributed by atoms with Crippen LogP contribution >= 0.6 is 0 Å². The summed E-state index contributed by atoms with van der Waals surface area (Å²) in [5, 5.41) is 26.7. The number of hydrogen-bond donors (Lipinski definition) is 4. The molecule has 2 aliphatic heterocycles. The van der Waals surface area contributed by atoms with Crippen molar-refractivity contribution in [2.75, 3.05) is 18.5 Å². The Morgan fingerprint density at radius 3 is 2.69 bits per heavy atom. The highest BCUT2D eigenvalue weighted by Gasteiger charge is 2.32. The number of aryl methyl sites for hydroxylation is 2. The molecule has 3 atom stereocenters. The first kappa shape index (κ1) is 24.9. The minimum absolute atomic E-state index is 0.114. The van der Waals surface area contributed by atoms with E-state index in [2.05, 4.69) is 19.4 Å². The molecule has 1 aromatic heterocycles. The highest BCUT2D eigenvalue weighted by Crippen LogP contribution is 2.32. The number of para-hydroxylation sites is 1. The van der Waals surface area contributed by atoms with Gasteiger partial charge in [0.15, 0.2) is 17.4 Å². The largest absolute Gasteiger partial charge is 0.505 e. The Labute approximate surface area is 206 Å². The number of amidine groups is 2. The average Bonchev–Trinajstić information content (AvgIpc) is 3.51. The number of phenols is 1. The normalized spacial score (nSPS) is 20.7. The minimum atomic E-state index is -1.83. The predicted molar refractivity (Wildman–Crippen MR) is 135 cm³/mol. The van der Waals surface area contributed by atoms with Gasteiger partial charge in [-0.05, 0) is 56.4 Å². The van der Waals surface area contributed by atoms with E-state index < -0.39 is 11.2 Å². The van der Waals surface area contributed by atoms with Crippen molar-refractivity contribution in [3.05, 3.63) is 46.9 Å². The van der Waals surface area contributed by atoms with Gasteiger partial charge in [0, 0.05) is 6.54 Å². The van der Waals surface area contributed by atoms with Gasteiger partial charge >= 0.3 is 0 Å². The fourth-order valence-corrected chi connectivity index (χ4v) is 4.93. The molecule has 3 heterocycles. The number of carbonyl (C=O) groups is 1. The van der Waals surface area contributed by atoms with Crippen LogP contribution in [0.15, 0.2) is 37.5 Å². The highest BCUT2D eigenvalue weighted by atomic mass is 32.2. The summed E-state index contributed by atoms with van der Waals surface area (Å²) in [5.41, 5.74) is 1.38. The van der Waals surface area contributed by atoms with Gasteiger partial charge in [0.25, 0.3) is 17.1 Å². The molecule has 1 aromatic carbocycles. The molecular weight excluding hydrogens is 470 g/mol. The summed E-state index contributed by atoms with van der Waals surface area (Å²) < 4.78 is 26.2. The van der Waals surface area contributed by atoms with E-state index in [1.807, 2.05) is 33.8 Å². The van der Waals surface area contributed by atoms with Gasteiger partial charge in [0.05, 0.1) is 29.9 Å². The lowest BCUT2D eigenvalue weighted by molar-refractivity contribution is 0.0674. The maximum atomic E-state index is 13.1. The summed E-state index contributed by atoms with van der Waals surface area (Å²) >= 11 is -1.83. The molecule has 1 saturated heterocycles. The average molecular weight is 502 g/mol. The van der Waals surface area contributed by atoms with Crippen LogP contribution in [-0.4, -0.2) is 56.1 Å². The fraction of sp³-hybridized carbons (Fsp3) is 0.458. The third-order valence-corrected chi connectivity index (χ3v) is 7.06. The molecule has 4 N–H and O–H groups in total. The lowest BCUT2D eigenvalue weighted by Gasteiger charge is -2.24. The summed E-state index contributed by atoms with van der Waals surface area (Å²) in [5.74, 6) is 1.52. The summed E-state index contributed by atoms with van der Waals surface area (Å²) in [6.45, 7) is 8.33. The zero-order valence-corrected chi connectivity index (χ0v) is 21.1. The monoisotopic (exact) mass is 501 g/mol. The summed E-state index contributed by atoms with van der Waals surface area (Å²) in [6, 6.07) is 6.22. The fourth-order valence-electron chi connectivity index (χ4n) is 4.30. The summed E-state index contributed by atoms with van der Waals surface area (Å²) in [7, 11) is 0. The number of aliphatic hydroxyl groups is 1. The number of carbonyl (C=O) groups excluding carboxylic acids is 1. The van der Waals surface area contributed by atoms with Crippen LogP contribution in [0.2, 0.25) is 0 Å². The minimum Gasteiger partial charge on any atom is -0.505 e. The van der Waals surface area contributed by atoms with E-state index in [0.717, 1.165) is 29.9 Å². The number of nitrogens with zero attached hydrogens (tertiary/aromatic N) is 3. The maximum Gasteiger partial charge on any atom is 0.269 e. The summed E-state index contributed by atoms with van der Waals surface area (Å²) in [6.07, 6.45) is 1.52. The number of nitrogens with one attached hydrogen (secondary N) is 2. The summed E-state index contributed by atoms with van der Waals surface area (Å²) in [4.78, 5) is 14.6. The topological polar surface area (TPSA) is 140 Å². The van der Waals surface area contributed by atoms with Crippen LogP contribution < -0.4 is 10.6 Å². The smallest absolute Gasteiger partial charge is 0.269 e. The molecular formula is C24H31N5O5S. The molecule has 1 amide bonds. The van der Waals surface area contributed by atoms with E-state index in [1.165, 1.54) is 6.07 Å². The van der Waals surface area contributed by atoms with Gasteiger partial charge in [0.1, 0.15) is 11.5 Å². The van der Waals surface area contributed by atoms with Gasteiger partial charge < -0.3 is 30.2 Å². The van der Waals surface area contributed by atoms with Crippen LogP contribution in [0.3, 0.4) is 0 Å². The zero-order chi connectivity index (χ0) is 25.3. The molecule has 11 heteroatoms. The number of phenolic OH excluding ortho intramolecular Hbond substituents is 1. The van der Waals surface area contributed by atoms with Gasteiger partial charge in [-0.1, -0.05) is 19.9 Å². The second kappa shape index (κ2) is 10.2. The number of likely N-dealkylation sites (tertiary alicyclic amines) is 1. The number of anilines is 1. The van der Waals surface area contributed by atoms with Crippen molar-refractivity contribution in [1.29, 1.82) is 0 Å². The molecule has 2 aromatic rings. The Morgan fingerprint density at radius 1 is 1.29 bits per heavy atom. The predicted octanol–water partition coefficient (Wildman–Crippen LogP) is 2.99. The standard InChI is InChI=1S/C24H31N5O5S/c1-13(2)20(19-11-14(3)15(4)34-19)26-23-22(27-35(33)28-23)25-18-9-5-8-17(21(18)31)24(32)29-10-6-7-16(29)12-30/h5,8-9,11,13,16,20,30-31H,6-7,10,12H2,1-4H3,(H,25,27)(H,26,28). The molecule has 0 radical (unpaired) electrons. The van der Waals surface area contributed by atoms with Crippen LogP contribution in [-0.2, 0) is 11.2 Å². The van der Waals surface area contributed by atoms with Gasteiger partial charge in [-0.2, -0.15) is 0 Å². The Morgan fingerprint density at radius 2 is 2.03 bits per heavy atom. The SMILES string of the molecule is Cc1cc(C(NC2=NS(=O)N=C2Nc2cccc(C(=O)N3CCCC3CO)c2O)C(C)C)oc1C. The van der Waals surface area contributed by atoms with E-state index >= 15 is 0 Å². The molecule has 10 nitrogen and oxygen atoms in total. The van der Waals surface area contributed by atoms with Gasteiger partial charge in [-0.15, -0.1) is 8.80 Å². The van der Waals surface area contributed by atoms with E-state index in [1.54, 1.807) is 17.0 Å². The number of aromatic hydroxyl groups is 1. The number of rotatable bonds is 6. The van der Waals surface area contributed by atoms with Crippen molar-refractivity contribution in [1.82, 2.24) is 10.2 Å². The van der Waals surface area contributed by atoms with Crippen molar-refractivity contribution >= 4 is 34.4 Å². The number of aliphatic hydroxyl groups excluding tert-OH is 1. The first-order chi connectivity index (χ1) is 16.7. The van der Waals surface area contributed by atoms with Crippen LogP contribution in [0, 0.1) is 19.8 Å². The molecule has 35 heavy (non-hydrogen) atoms. The van der Waals surface area contributed by atoms with Crippen LogP contribution in [0.1, 0.15) is 60.2 Å². The second-order valence-electron chi connectivity index (χ2n) is 9.17. The lowest BCUT2D eigenvalue weighted by Crippen LogP contribution is -2.38. The Bertz CT molecular complexity index is 1190. The zero-order valence-electron chi connectivity index (χ0n) is 20.2. The highest BCUT2D eigenvalue weighted by molar-refractivity contribution is 7.83. The molecule has 0 aliphatic carbocycles. The number of hydrogen-bond acceptors (Lipinski definition) is 7. The van der Waals surface area contributed by atoms with Gasteiger partial charge in [-0.25, -0.2) is 4.21 Å². The molecule has 1 fully saturated rings. The molecule has 4 rings (SSSR count). The van der Waals surface area contributed by atoms with Crippen LogP contribution in [0.4, 0.5) is 5.69 Å². The van der Waals surface area contributed by atoms with Gasteiger partial charge in [0.2, 0.25) is 0 Å². The molecule has 0 saturated carbocycles. The quantitative estimate of drug-likeness (QED) is 0.446. The Hall–Kier alpha value is -3.18.